The fourth-order valence-corrected chi connectivity index (χ4v) is 2.22. The Balaban J connectivity index is 2.01. The molecule has 25 heavy (non-hydrogen) atoms. The Kier molecular flexibility index (Phi) is 5.75. The number of ether oxygens (including phenoxy) is 1. The summed E-state index contributed by atoms with van der Waals surface area (Å²) in [4.78, 5) is 22.6. The third-order valence-corrected chi connectivity index (χ3v) is 3.70. The van der Waals surface area contributed by atoms with Crippen LogP contribution in [-0.4, -0.2) is 18.4 Å². The standard InChI is InChI=1S/C21H22O4/c1-21(2,3)17-9-7-16(8-10-17)19(22)13-6-15-4-11-18(12-5-15)25-14-20(23)24/h4-13H,14H2,1-3H3,(H,23,24)/p-1/b13-6+. The number of carboxylic acids is 1. The molecular weight excluding hydrogens is 316 g/mol. The highest BCUT2D eigenvalue weighted by Crippen LogP contribution is 2.22. The molecule has 0 amide bonds. The lowest BCUT2D eigenvalue weighted by atomic mass is 9.86. The van der Waals surface area contributed by atoms with Crippen LogP contribution in [0.15, 0.2) is 54.6 Å². The van der Waals surface area contributed by atoms with Crippen LogP contribution in [0.5, 0.6) is 5.75 Å². The van der Waals surface area contributed by atoms with Gasteiger partial charge in [-0.15, -0.1) is 0 Å². The van der Waals surface area contributed by atoms with E-state index in [1.807, 2.05) is 24.3 Å². The quantitative estimate of drug-likeness (QED) is 0.600. The summed E-state index contributed by atoms with van der Waals surface area (Å²) in [5, 5.41) is 10.3. The van der Waals surface area contributed by atoms with Gasteiger partial charge < -0.3 is 14.6 Å². The minimum Gasteiger partial charge on any atom is -0.546 e. The average molecular weight is 337 g/mol. The first-order valence-corrected chi connectivity index (χ1v) is 8.01. The molecule has 0 bridgehead atoms. The molecule has 0 aliphatic carbocycles. The van der Waals surface area contributed by atoms with Gasteiger partial charge in [0, 0.05) is 5.56 Å². The summed E-state index contributed by atoms with van der Waals surface area (Å²) in [7, 11) is 0. The summed E-state index contributed by atoms with van der Waals surface area (Å²) in [6.45, 7) is 5.90. The summed E-state index contributed by atoms with van der Waals surface area (Å²) in [6.07, 6.45) is 3.23. The minimum atomic E-state index is -1.27. The number of carbonyl (C=O) groups excluding carboxylic acids is 2. The zero-order valence-electron chi connectivity index (χ0n) is 14.6. The van der Waals surface area contributed by atoms with Crippen molar-refractivity contribution in [3.05, 3.63) is 71.3 Å². The number of carbonyl (C=O) groups is 2. The van der Waals surface area contributed by atoms with Gasteiger partial charge in [-0.2, -0.15) is 0 Å². The lowest BCUT2D eigenvalue weighted by molar-refractivity contribution is -0.307. The molecule has 0 N–H and O–H groups in total. The summed E-state index contributed by atoms with van der Waals surface area (Å²) >= 11 is 0. The number of hydrogen-bond acceptors (Lipinski definition) is 4. The SMILES string of the molecule is CC(C)(C)c1ccc(C(=O)/C=C/c2ccc(OCC(=O)[O-])cc2)cc1. The van der Waals surface area contributed by atoms with Gasteiger partial charge in [-0.05, 0) is 34.8 Å². The number of aliphatic carboxylic acids is 1. The predicted octanol–water partition coefficient (Wildman–Crippen LogP) is 3.01. The normalized spacial score (nSPS) is 11.5. The zero-order valence-corrected chi connectivity index (χ0v) is 14.6. The Labute approximate surface area is 147 Å². The Morgan fingerprint density at radius 3 is 2.12 bits per heavy atom. The maximum absolute atomic E-state index is 12.2. The molecule has 0 saturated carbocycles. The molecule has 0 unspecified atom stereocenters. The summed E-state index contributed by atoms with van der Waals surface area (Å²) < 4.78 is 5.00. The molecule has 0 saturated heterocycles. The van der Waals surface area contributed by atoms with Crippen molar-refractivity contribution in [2.45, 2.75) is 26.2 Å². The maximum atomic E-state index is 12.2. The first-order chi connectivity index (χ1) is 11.8. The van der Waals surface area contributed by atoms with Gasteiger partial charge in [-0.3, -0.25) is 4.79 Å². The van der Waals surface area contributed by atoms with Crippen molar-refractivity contribution in [1.29, 1.82) is 0 Å². The molecule has 0 aliphatic heterocycles. The van der Waals surface area contributed by atoms with Crippen LogP contribution in [0.2, 0.25) is 0 Å². The molecule has 0 fully saturated rings. The molecular formula is C21H21O4-. The average Bonchev–Trinajstić information content (AvgIpc) is 2.58. The molecule has 0 spiro atoms. The van der Waals surface area contributed by atoms with E-state index >= 15 is 0 Å². The van der Waals surface area contributed by atoms with Crippen LogP contribution >= 0.6 is 0 Å². The molecule has 130 valence electrons. The number of ketones is 1. The maximum Gasteiger partial charge on any atom is 0.185 e. The van der Waals surface area contributed by atoms with Crippen molar-refractivity contribution in [3.8, 4) is 5.75 Å². The van der Waals surface area contributed by atoms with Gasteiger partial charge in [-0.25, -0.2) is 0 Å². The molecule has 0 aromatic heterocycles. The number of hydrogen-bond donors (Lipinski definition) is 0. The van der Waals surface area contributed by atoms with E-state index < -0.39 is 12.6 Å². The molecule has 2 rings (SSSR count). The van der Waals surface area contributed by atoms with Crippen LogP contribution in [0.1, 0.15) is 42.3 Å². The second kappa shape index (κ2) is 7.79. The molecule has 0 radical (unpaired) electrons. The lowest BCUT2D eigenvalue weighted by Gasteiger charge is -2.18. The second-order valence-corrected chi connectivity index (χ2v) is 6.75. The molecule has 4 heteroatoms. The molecule has 2 aromatic carbocycles. The molecule has 0 heterocycles. The second-order valence-electron chi connectivity index (χ2n) is 6.75. The number of rotatable bonds is 6. The van der Waals surface area contributed by atoms with Crippen LogP contribution in [-0.2, 0) is 10.2 Å². The lowest BCUT2D eigenvalue weighted by Crippen LogP contribution is -2.28. The molecule has 0 aliphatic rings. The van der Waals surface area contributed by atoms with Crippen LogP contribution in [0.4, 0.5) is 0 Å². The minimum absolute atomic E-state index is 0.0535. The Morgan fingerprint density at radius 2 is 1.60 bits per heavy atom. The number of allylic oxidation sites excluding steroid dienone is 1. The van der Waals surface area contributed by atoms with Crippen molar-refractivity contribution in [2.24, 2.45) is 0 Å². The van der Waals surface area contributed by atoms with E-state index in [1.165, 1.54) is 11.6 Å². The molecule has 4 nitrogen and oxygen atoms in total. The van der Waals surface area contributed by atoms with E-state index in [2.05, 4.69) is 20.8 Å². The van der Waals surface area contributed by atoms with Gasteiger partial charge in [0.05, 0.1) is 5.97 Å². The fraction of sp³-hybridized carbons (Fsp3) is 0.238. The van der Waals surface area contributed by atoms with E-state index in [0.29, 0.717) is 11.3 Å². The van der Waals surface area contributed by atoms with Crippen LogP contribution < -0.4 is 9.84 Å². The van der Waals surface area contributed by atoms with Crippen molar-refractivity contribution in [2.75, 3.05) is 6.61 Å². The first-order valence-electron chi connectivity index (χ1n) is 8.01. The van der Waals surface area contributed by atoms with E-state index in [0.717, 1.165) is 5.56 Å². The van der Waals surface area contributed by atoms with Crippen molar-refractivity contribution in [3.63, 3.8) is 0 Å². The van der Waals surface area contributed by atoms with Crippen molar-refractivity contribution in [1.82, 2.24) is 0 Å². The van der Waals surface area contributed by atoms with Crippen molar-refractivity contribution >= 4 is 17.8 Å². The largest absolute Gasteiger partial charge is 0.546 e. The smallest absolute Gasteiger partial charge is 0.185 e. The summed E-state index contributed by atoms with van der Waals surface area (Å²) in [6, 6.07) is 14.4. The highest BCUT2D eigenvalue weighted by molar-refractivity contribution is 6.06. The van der Waals surface area contributed by atoms with E-state index in [-0.39, 0.29) is 11.2 Å². The predicted molar refractivity (Wildman–Crippen MR) is 95.5 cm³/mol. The zero-order chi connectivity index (χ0) is 18.4. The summed E-state index contributed by atoms with van der Waals surface area (Å²) in [5.41, 5.74) is 2.69. The molecule has 0 atom stereocenters. The Morgan fingerprint density at radius 1 is 1.00 bits per heavy atom. The Bertz CT molecular complexity index is 763. The van der Waals surface area contributed by atoms with Gasteiger partial charge in [0.25, 0.3) is 0 Å². The highest BCUT2D eigenvalue weighted by Gasteiger charge is 2.13. The summed E-state index contributed by atoms with van der Waals surface area (Å²) in [5.74, 6) is -0.907. The fourth-order valence-electron chi connectivity index (χ4n) is 2.22. The van der Waals surface area contributed by atoms with Gasteiger partial charge in [-0.1, -0.05) is 63.2 Å². The van der Waals surface area contributed by atoms with Crippen LogP contribution in [0.25, 0.3) is 6.08 Å². The van der Waals surface area contributed by atoms with E-state index in [4.69, 9.17) is 4.74 Å². The third-order valence-electron chi connectivity index (χ3n) is 3.70. The number of benzene rings is 2. The third kappa shape index (κ3) is 5.60. The highest BCUT2D eigenvalue weighted by atomic mass is 16.5. The van der Waals surface area contributed by atoms with Crippen LogP contribution in [0, 0.1) is 0 Å². The van der Waals surface area contributed by atoms with E-state index in [1.54, 1.807) is 30.3 Å². The monoisotopic (exact) mass is 337 g/mol. The van der Waals surface area contributed by atoms with Gasteiger partial charge in [0.15, 0.2) is 5.78 Å². The molecule has 2 aromatic rings. The van der Waals surface area contributed by atoms with Crippen molar-refractivity contribution < 1.29 is 19.4 Å². The Hall–Kier alpha value is -2.88. The van der Waals surface area contributed by atoms with Gasteiger partial charge in [0.1, 0.15) is 12.4 Å². The van der Waals surface area contributed by atoms with Gasteiger partial charge >= 0.3 is 0 Å². The number of carboxylic acid groups (broad SMARTS) is 1. The first kappa shape index (κ1) is 18.5. The topological polar surface area (TPSA) is 66.4 Å². The van der Waals surface area contributed by atoms with E-state index in [9.17, 15) is 14.7 Å². The van der Waals surface area contributed by atoms with Gasteiger partial charge in [0.2, 0.25) is 0 Å². The van der Waals surface area contributed by atoms with Crippen LogP contribution in [0.3, 0.4) is 0 Å².